The predicted molar refractivity (Wildman–Crippen MR) is 126 cm³/mol. The number of nitrogens with one attached hydrogen (secondary N) is 2. The van der Waals surface area contributed by atoms with Gasteiger partial charge >= 0.3 is 0 Å². The lowest BCUT2D eigenvalue weighted by Crippen LogP contribution is -2.43. The summed E-state index contributed by atoms with van der Waals surface area (Å²) in [7, 11) is 1.54. The van der Waals surface area contributed by atoms with Crippen LogP contribution in [0.3, 0.4) is 0 Å². The fourth-order valence-corrected chi connectivity index (χ4v) is 3.43. The van der Waals surface area contributed by atoms with E-state index < -0.39 is 11.8 Å². The molecule has 0 atom stereocenters. The van der Waals surface area contributed by atoms with Crippen molar-refractivity contribution in [1.82, 2.24) is 10.9 Å². The van der Waals surface area contributed by atoms with Crippen molar-refractivity contribution < 1.29 is 19.1 Å². The number of benzene rings is 2. The third-order valence-corrected chi connectivity index (χ3v) is 5.36. The summed E-state index contributed by atoms with van der Waals surface area (Å²) in [5, 5.41) is 0. The number of hydrazine groups is 1. The van der Waals surface area contributed by atoms with E-state index in [1.165, 1.54) is 5.56 Å². The number of methoxy groups -OCH3 is 1. The van der Waals surface area contributed by atoms with Gasteiger partial charge in [-0.25, -0.2) is 0 Å². The molecule has 2 aromatic carbocycles. The maximum Gasteiger partial charge on any atom is 0.276 e. The van der Waals surface area contributed by atoms with Crippen LogP contribution in [0, 0.1) is 0 Å². The molecule has 168 valence electrons. The Kier molecular flexibility index (Phi) is 7.76. The van der Waals surface area contributed by atoms with Crippen LogP contribution in [-0.2, 0) is 15.6 Å². The Labute approximate surface area is 192 Å². The van der Waals surface area contributed by atoms with Gasteiger partial charge in [0.15, 0.2) is 6.61 Å². The predicted octanol–water partition coefficient (Wildman–Crippen LogP) is 4.89. The number of amides is 2. The van der Waals surface area contributed by atoms with Gasteiger partial charge in [-0.05, 0) is 62.2 Å². The summed E-state index contributed by atoms with van der Waals surface area (Å²) >= 11 is 3.33. The molecule has 2 N–H and O–H groups in total. The van der Waals surface area contributed by atoms with Crippen LogP contribution in [0.25, 0.3) is 0 Å². The highest BCUT2D eigenvalue weighted by molar-refractivity contribution is 9.10. The molecule has 0 aliphatic heterocycles. The lowest BCUT2D eigenvalue weighted by atomic mass is 9.80. The van der Waals surface area contributed by atoms with Crippen LogP contribution in [0.5, 0.6) is 11.5 Å². The summed E-state index contributed by atoms with van der Waals surface area (Å²) in [6.45, 7) is 12.6. The van der Waals surface area contributed by atoms with Crippen LogP contribution in [0.15, 0.2) is 40.9 Å². The summed E-state index contributed by atoms with van der Waals surface area (Å²) in [4.78, 5) is 24.5. The van der Waals surface area contributed by atoms with Crippen molar-refractivity contribution >= 4 is 27.7 Å². The van der Waals surface area contributed by atoms with Crippen LogP contribution in [-0.4, -0.2) is 25.5 Å². The standard InChI is InChI=1S/C24H31BrN2O4/c1-23(2,3)16-9-11-19(17(13-16)24(4,5)6)31-14-21(28)26-27-22(29)15-8-10-20(30-7)18(25)12-15/h8-13H,14H2,1-7H3,(H,26,28)(H,27,29). The van der Waals surface area contributed by atoms with E-state index in [0.29, 0.717) is 21.5 Å². The summed E-state index contributed by atoms with van der Waals surface area (Å²) in [6, 6.07) is 10.9. The SMILES string of the molecule is COc1ccc(C(=O)NNC(=O)COc2ccc(C(C)(C)C)cc2C(C)(C)C)cc1Br. The molecule has 0 fully saturated rings. The molecule has 0 saturated heterocycles. The van der Waals surface area contributed by atoms with Gasteiger partial charge in [-0.3, -0.25) is 20.4 Å². The topological polar surface area (TPSA) is 76.7 Å². The summed E-state index contributed by atoms with van der Waals surface area (Å²) in [5.74, 6) is 0.365. The molecule has 0 bridgehead atoms. The van der Waals surface area contributed by atoms with Crippen LogP contribution < -0.4 is 20.3 Å². The largest absolute Gasteiger partial charge is 0.496 e. The van der Waals surface area contributed by atoms with Crippen LogP contribution >= 0.6 is 15.9 Å². The zero-order valence-corrected chi connectivity index (χ0v) is 20.8. The van der Waals surface area contributed by atoms with Gasteiger partial charge in [0, 0.05) is 5.56 Å². The van der Waals surface area contributed by atoms with Crippen molar-refractivity contribution in [2.75, 3.05) is 13.7 Å². The quantitative estimate of drug-likeness (QED) is 0.584. The minimum Gasteiger partial charge on any atom is -0.496 e. The number of carbonyl (C=O) groups excluding carboxylic acids is 2. The molecular formula is C24H31BrN2O4. The van der Waals surface area contributed by atoms with Crippen molar-refractivity contribution in [3.63, 3.8) is 0 Å². The molecule has 0 unspecified atom stereocenters. The molecule has 0 aliphatic carbocycles. The van der Waals surface area contributed by atoms with Crippen molar-refractivity contribution in [1.29, 1.82) is 0 Å². The molecule has 2 rings (SSSR count). The van der Waals surface area contributed by atoms with Gasteiger partial charge in [-0.2, -0.15) is 0 Å². The Hall–Kier alpha value is -2.54. The molecule has 2 aromatic rings. The van der Waals surface area contributed by atoms with Crippen LogP contribution in [0.1, 0.15) is 63.0 Å². The maximum atomic E-state index is 12.3. The van der Waals surface area contributed by atoms with E-state index in [4.69, 9.17) is 9.47 Å². The van der Waals surface area contributed by atoms with E-state index in [2.05, 4.69) is 74.4 Å². The molecule has 0 saturated carbocycles. The number of carbonyl (C=O) groups is 2. The van der Waals surface area contributed by atoms with Crippen molar-refractivity contribution in [3.8, 4) is 11.5 Å². The second-order valence-electron chi connectivity index (χ2n) is 9.35. The number of hydrogen-bond donors (Lipinski definition) is 2. The number of rotatable bonds is 5. The summed E-state index contributed by atoms with van der Waals surface area (Å²) in [6.07, 6.45) is 0. The van der Waals surface area contributed by atoms with Gasteiger partial charge in [-0.1, -0.05) is 53.7 Å². The normalized spacial score (nSPS) is 11.6. The fraction of sp³-hybridized carbons (Fsp3) is 0.417. The first-order valence-corrected chi connectivity index (χ1v) is 10.8. The zero-order valence-electron chi connectivity index (χ0n) is 19.2. The van der Waals surface area contributed by atoms with E-state index >= 15 is 0 Å². The monoisotopic (exact) mass is 490 g/mol. The molecule has 6 nitrogen and oxygen atoms in total. The third-order valence-electron chi connectivity index (χ3n) is 4.74. The second kappa shape index (κ2) is 9.73. The van der Waals surface area contributed by atoms with E-state index in [9.17, 15) is 9.59 Å². The van der Waals surface area contributed by atoms with Crippen molar-refractivity contribution in [2.24, 2.45) is 0 Å². The molecule has 0 aromatic heterocycles. The Morgan fingerprint density at radius 3 is 2.10 bits per heavy atom. The van der Waals surface area contributed by atoms with Gasteiger partial charge < -0.3 is 9.47 Å². The summed E-state index contributed by atoms with van der Waals surface area (Å²) < 4.78 is 11.6. The minimum absolute atomic E-state index is 0.0106. The molecule has 2 amide bonds. The number of hydrogen-bond acceptors (Lipinski definition) is 4. The van der Waals surface area contributed by atoms with Crippen molar-refractivity contribution in [3.05, 3.63) is 57.6 Å². The van der Waals surface area contributed by atoms with Crippen LogP contribution in [0.2, 0.25) is 0 Å². The van der Waals surface area contributed by atoms with Gasteiger partial charge in [0.25, 0.3) is 11.8 Å². The van der Waals surface area contributed by atoms with Gasteiger partial charge in [0.1, 0.15) is 11.5 Å². The highest BCUT2D eigenvalue weighted by Crippen LogP contribution is 2.35. The molecule has 31 heavy (non-hydrogen) atoms. The number of halogens is 1. The average Bonchev–Trinajstić information content (AvgIpc) is 2.68. The molecule has 0 spiro atoms. The van der Waals surface area contributed by atoms with E-state index in [1.807, 2.05) is 12.1 Å². The van der Waals surface area contributed by atoms with E-state index in [1.54, 1.807) is 25.3 Å². The second-order valence-corrected chi connectivity index (χ2v) is 10.2. The van der Waals surface area contributed by atoms with E-state index in [0.717, 1.165) is 5.56 Å². The average molecular weight is 491 g/mol. The van der Waals surface area contributed by atoms with Crippen LogP contribution in [0.4, 0.5) is 0 Å². The Morgan fingerprint density at radius 2 is 1.55 bits per heavy atom. The molecule has 0 heterocycles. The smallest absolute Gasteiger partial charge is 0.276 e. The zero-order chi connectivity index (χ0) is 23.4. The van der Waals surface area contributed by atoms with Gasteiger partial charge in [0.05, 0.1) is 11.6 Å². The fourth-order valence-electron chi connectivity index (χ4n) is 2.89. The molecule has 7 heteroatoms. The molecule has 0 radical (unpaired) electrons. The Morgan fingerprint density at radius 1 is 0.903 bits per heavy atom. The number of ether oxygens (including phenoxy) is 2. The Balaban J connectivity index is 2.01. The lowest BCUT2D eigenvalue weighted by molar-refractivity contribution is -0.123. The molecule has 0 aliphatic rings. The lowest BCUT2D eigenvalue weighted by Gasteiger charge is -2.27. The summed E-state index contributed by atoms with van der Waals surface area (Å²) in [5.41, 5.74) is 7.24. The highest BCUT2D eigenvalue weighted by atomic mass is 79.9. The van der Waals surface area contributed by atoms with Gasteiger partial charge in [0.2, 0.25) is 0 Å². The molecular weight excluding hydrogens is 460 g/mol. The third kappa shape index (κ3) is 6.72. The Bertz CT molecular complexity index is 959. The minimum atomic E-state index is -0.458. The highest BCUT2D eigenvalue weighted by Gasteiger charge is 2.23. The first-order chi connectivity index (χ1) is 14.3. The maximum absolute atomic E-state index is 12.3. The first kappa shape index (κ1) is 24.7. The van der Waals surface area contributed by atoms with E-state index in [-0.39, 0.29) is 17.4 Å². The van der Waals surface area contributed by atoms with Crippen molar-refractivity contribution in [2.45, 2.75) is 52.4 Å². The van der Waals surface area contributed by atoms with Gasteiger partial charge in [-0.15, -0.1) is 0 Å². The first-order valence-electron chi connectivity index (χ1n) is 10.0.